The molecule has 4 rings (SSSR count). The summed E-state index contributed by atoms with van der Waals surface area (Å²) in [4.78, 5) is 13.0. The Balaban J connectivity index is 1.34. The van der Waals surface area contributed by atoms with Crippen LogP contribution in [0.3, 0.4) is 0 Å². The molecule has 0 saturated carbocycles. The maximum atomic E-state index is 12.4. The summed E-state index contributed by atoms with van der Waals surface area (Å²) in [5.74, 6) is 0.735. The summed E-state index contributed by atoms with van der Waals surface area (Å²) in [5, 5.41) is 8.91. The van der Waals surface area contributed by atoms with Crippen molar-refractivity contribution in [1.29, 1.82) is 0 Å². The van der Waals surface area contributed by atoms with E-state index in [0.717, 1.165) is 17.7 Å². The molecule has 7 heteroatoms. The van der Waals surface area contributed by atoms with Crippen LogP contribution in [0.25, 0.3) is 0 Å². The zero-order valence-corrected chi connectivity index (χ0v) is 15.9. The second-order valence-electron chi connectivity index (χ2n) is 6.53. The molecule has 1 aliphatic rings. The first-order chi connectivity index (χ1) is 13.2. The van der Waals surface area contributed by atoms with E-state index < -0.39 is 0 Å². The van der Waals surface area contributed by atoms with Gasteiger partial charge in [0.25, 0.3) is 5.91 Å². The predicted molar refractivity (Wildman–Crippen MR) is 104 cm³/mol. The minimum Gasteiger partial charge on any atom is -0.489 e. The Kier molecular flexibility index (Phi) is 5.22. The Morgan fingerprint density at radius 3 is 3.07 bits per heavy atom. The van der Waals surface area contributed by atoms with Crippen LogP contribution in [0.15, 0.2) is 42.0 Å². The van der Waals surface area contributed by atoms with Gasteiger partial charge in [-0.3, -0.25) is 4.79 Å². The molecule has 6 nitrogen and oxygen atoms in total. The van der Waals surface area contributed by atoms with Crippen LogP contribution in [-0.4, -0.2) is 22.8 Å². The number of carbonyl (C=O) groups excluding carboxylic acids is 1. The molecule has 0 unspecified atom stereocenters. The van der Waals surface area contributed by atoms with E-state index in [9.17, 15) is 4.79 Å². The summed E-state index contributed by atoms with van der Waals surface area (Å²) in [7, 11) is 1.60. The van der Waals surface area contributed by atoms with Crippen LogP contribution in [-0.2, 0) is 30.9 Å². The van der Waals surface area contributed by atoms with Gasteiger partial charge in [0.2, 0.25) is 0 Å². The number of benzene rings is 1. The number of hydrogen-bond acceptors (Lipinski definition) is 5. The smallest absolute Gasteiger partial charge is 0.265 e. The van der Waals surface area contributed by atoms with Gasteiger partial charge in [-0.2, -0.15) is 5.10 Å². The second kappa shape index (κ2) is 7.94. The van der Waals surface area contributed by atoms with Crippen LogP contribution in [0.2, 0.25) is 0 Å². The second-order valence-corrected chi connectivity index (χ2v) is 7.44. The lowest BCUT2D eigenvalue weighted by atomic mass is 10.1. The Bertz CT molecular complexity index is 948. The largest absolute Gasteiger partial charge is 0.489 e. The molecule has 3 aromatic rings. The molecule has 140 valence electrons. The number of carbonyl (C=O) groups is 1. The van der Waals surface area contributed by atoms with Crippen molar-refractivity contribution in [3.05, 3.63) is 63.6 Å². The highest BCUT2D eigenvalue weighted by Gasteiger charge is 2.13. The van der Waals surface area contributed by atoms with Gasteiger partial charge in [0.05, 0.1) is 23.0 Å². The maximum absolute atomic E-state index is 12.4. The van der Waals surface area contributed by atoms with Gasteiger partial charge >= 0.3 is 0 Å². The fourth-order valence-electron chi connectivity index (χ4n) is 3.20. The highest BCUT2D eigenvalue weighted by molar-refractivity contribution is 7.12. The van der Waals surface area contributed by atoms with Gasteiger partial charge in [0, 0.05) is 12.7 Å². The van der Waals surface area contributed by atoms with Gasteiger partial charge < -0.3 is 14.8 Å². The molecule has 1 amide bonds. The van der Waals surface area contributed by atoms with Crippen molar-refractivity contribution in [3.63, 3.8) is 0 Å². The average Bonchev–Trinajstić information content (AvgIpc) is 3.40. The molecular formula is C20H21N3O3S. The minimum atomic E-state index is -0.152. The summed E-state index contributed by atoms with van der Waals surface area (Å²) in [5.41, 5.74) is 4.46. The first-order valence-corrected chi connectivity index (χ1v) is 9.74. The lowest BCUT2D eigenvalue weighted by Gasteiger charge is -2.07. The number of anilines is 1. The lowest BCUT2D eigenvalue weighted by molar-refractivity contribution is 0.103. The van der Waals surface area contributed by atoms with Crippen LogP contribution < -0.4 is 10.1 Å². The van der Waals surface area contributed by atoms with E-state index in [1.54, 1.807) is 24.2 Å². The van der Waals surface area contributed by atoms with E-state index in [0.29, 0.717) is 23.9 Å². The van der Waals surface area contributed by atoms with Crippen LogP contribution in [0.5, 0.6) is 5.75 Å². The summed E-state index contributed by atoms with van der Waals surface area (Å²) >= 11 is 1.41. The van der Waals surface area contributed by atoms with Crippen molar-refractivity contribution in [2.24, 2.45) is 0 Å². The van der Waals surface area contributed by atoms with Gasteiger partial charge in [0.15, 0.2) is 0 Å². The fourth-order valence-corrected chi connectivity index (χ4v) is 3.99. The Morgan fingerprint density at radius 2 is 2.19 bits per heavy atom. The number of hydrogen-bond donors (Lipinski definition) is 1. The zero-order chi connectivity index (χ0) is 18.6. The number of ether oxygens (including phenoxy) is 2. The third-order valence-electron chi connectivity index (χ3n) is 4.51. The van der Waals surface area contributed by atoms with Crippen LogP contribution in [0.1, 0.15) is 32.8 Å². The van der Waals surface area contributed by atoms with E-state index in [2.05, 4.69) is 22.5 Å². The number of methoxy groups -OCH3 is 1. The number of nitrogens with zero attached hydrogens (tertiary/aromatic N) is 2. The normalized spacial score (nSPS) is 12.8. The lowest BCUT2D eigenvalue weighted by Crippen LogP contribution is -2.09. The van der Waals surface area contributed by atoms with Crippen molar-refractivity contribution in [1.82, 2.24) is 9.78 Å². The number of nitrogens with one attached hydrogen (secondary N) is 1. The Morgan fingerprint density at radius 1 is 1.30 bits per heavy atom. The van der Waals surface area contributed by atoms with Crippen molar-refractivity contribution < 1.29 is 14.3 Å². The molecule has 0 fully saturated rings. The highest BCUT2D eigenvalue weighted by Crippen LogP contribution is 2.27. The molecule has 0 bridgehead atoms. The minimum absolute atomic E-state index is 0.152. The molecular weight excluding hydrogens is 362 g/mol. The summed E-state index contributed by atoms with van der Waals surface area (Å²) in [6.45, 7) is 0.799. The van der Waals surface area contributed by atoms with Crippen molar-refractivity contribution in [2.45, 2.75) is 32.6 Å². The molecule has 2 aromatic heterocycles. The van der Waals surface area contributed by atoms with E-state index >= 15 is 0 Å². The topological polar surface area (TPSA) is 65.4 Å². The van der Waals surface area contributed by atoms with E-state index in [-0.39, 0.29) is 5.91 Å². The molecule has 0 spiro atoms. The third-order valence-corrected chi connectivity index (χ3v) is 5.48. The highest BCUT2D eigenvalue weighted by atomic mass is 32.1. The predicted octanol–water partition coefficient (Wildman–Crippen LogP) is 3.87. The first kappa shape index (κ1) is 17.8. The van der Waals surface area contributed by atoms with Crippen molar-refractivity contribution >= 4 is 22.9 Å². The molecule has 0 saturated heterocycles. The average molecular weight is 383 g/mol. The Labute approximate surface area is 161 Å². The number of rotatable bonds is 7. The molecule has 2 heterocycles. The van der Waals surface area contributed by atoms with Gasteiger partial charge in [-0.05, 0) is 54.0 Å². The molecule has 1 aromatic carbocycles. The molecule has 1 aliphatic carbocycles. The number of aromatic nitrogens is 2. The first-order valence-electron chi connectivity index (χ1n) is 8.86. The number of thiophene rings is 1. The van der Waals surface area contributed by atoms with Gasteiger partial charge in [-0.1, -0.05) is 6.07 Å². The molecule has 0 radical (unpaired) electrons. The van der Waals surface area contributed by atoms with Gasteiger partial charge in [-0.15, -0.1) is 11.3 Å². The van der Waals surface area contributed by atoms with Gasteiger partial charge in [-0.25, -0.2) is 4.68 Å². The van der Waals surface area contributed by atoms with E-state index in [1.807, 2.05) is 17.5 Å². The number of fused-ring (bicyclic) bond motifs is 1. The molecule has 27 heavy (non-hydrogen) atoms. The monoisotopic (exact) mass is 383 g/mol. The van der Waals surface area contributed by atoms with E-state index in [4.69, 9.17) is 9.47 Å². The summed E-state index contributed by atoms with van der Waals surface area (Å²) in [6.07, 6.45) is 6.86. The third kappa shape index (κ3) is 4.20. The summed E-state index contributed by atoms with van der Waals surface area (Å²) in [6, 6.07) is 8.20. The fraction of sp³-hybridized carbons (Fsp3) is 0.300. The maximum Gasteiger partial charge on any atom is 0.265 e. The SMILES string of the molecule is COCn1cc(NC(=O)c2cc(COc3ccc4c(c3)CCC4)cs2)cn1. The number of amides is 1. The quantitative estimate of drug-likeness (QED) is 0.673. The zero-order valence-electron chi connectivity index (χ0n) is 15.1. The van der Waals surface area contributed by atoms with Crippen molar-refractivity contribution in [3.8, 4) is 5.75 Å². The standard InChI is InChI=1S/C20H21N3O3S/c1-25-13-23-10-17(9-21-23)22-20(24)19-7-14(12-27-19)11-26-18-6-5-15-3-2-4-16(15)8-18/h5-10,12H,2-4,11,13H2,1H3,(H,22,24). The summed E-state index contributed by atoms with van der Waals surface area (Å²) < 4.78 is 12.5. The van der Waals surface area contributed by atoms with E-state index in [1.165, 1.54) is 35.3 Å². The van der Waals surface area contributed by atoms with Gasteiger partial charge in [0.1, 0.15) is 19.1 Å². The van der Waals surface area contributed by atoms with Crippen molar-refractivity contribution in [2.75, 3.05) is 12.4 Å². The molecule has 1 N–H and O–H groups in total. The van der Waals surface area contributed by atoms with Crippen LogP contribution >= 0.6 is 11.3 Å². The van der Waals surface area contributed by atoms with Crippen LogP contribution in [0.4, 0.5) is 5.69 Å². The molecule has 0 aliphatic heterocycles. The van der Waals surface area contributed by atoms with Crippen LogP contribution in [0, 0.1) is 0 Å². The Hall–Kier alpha value is -2.64. The molecule has 0 atom stereocenters. The number of aryl methyl sites for hydroxylation is 2.